The lowest BCUT2D eigenvalue weighted by Crippen LogP contribution is -2.44. The van der Waals surface area contributed by atoms with Crippen LogP contribution < -0.4 is 0 Å². The highest BCUT2D eigenvalue weighted by atomic mass is 16.3. The first-order valence-corrected chi connectivity index (χ1v) is 6.56. The van der Waals surface area contributed by atoms with Crippen LogP contribution >= 0.6 is 0 Å². The number of aldehydes is 1. The number of piperidine rings is 1. The minimum absolute atomic E-state index is 0.166. The summed E-state index contributed by atoms with van der Waals surface area (Å²) >= 11 is 0. The SMILES string of the molecule is CC(C=O)(CN1CCC(O)CC1)c1ccccc1. The minimum Gasteiger partial charge on any atom is -0.393 e. The number of carbonyl (C=O) groups is 1. The molecule has 3 heteroatoms. The van der Waals surface area contributed by atoms with E-state index in [2.05, 4.69) is 4.90 Å². The van der Waals surface area contributed by atoms with Gasteiger partial charge in [-0.1, -0.05) is 30.3 Å². The average molecular weight is 247 g/mol. The lowest BCUT2D eigenvalue weighted by molar-refractivity contribution is -0.113. The van der Waals surface area contributed by atoms with Gasteiger partial charge in [0.15, 0.2) is 0 Å². The molecule has 1 unspecified atom stereocenters. The predicted molar refractivity (Wildman–Crippen MR) is 71.5 cm³/mol. The standard InChI is InChI=1S/C15H21NO2/c1-15(12-17,13-5-3-2-4-6-13)11-16-9-7-14(18)8-10-16/h2-6,12,14,18H,7-11H2,1H3. The number of carbonyl (C=O) groups excluding carboxylic acids is 1. The van der Waals surface area contributed by atoms with Gasteiger partial charge in [0.2, 0.25) is 0 Å². The van der Waals surface area contributed by atoms with Gasteiger partial charge in [0, 0.05) is 19.6 Å². The molecule has 18 heavy (non-hydrogen) atoms. The maximum Gasteiger partial charge on any atom is 0.131 e. The molecule has 1 heterocycles. The Labute approximate surface area is 108 Å². The smallest absolute Gasteiger partial charge is 0.131 e. The van der Waals surface area contributed by atoms with Gasteiger partial charge in [-0.3, -0.25) is 0 Å². The van der Waals surface area contributed by atoms with Crippen LogP contribution in [-0.4, -0.2) is 42.0 Å². The maximum atomic E-state index is 11.5. The van der Waals surface area contributed by atoms with E-state index in [0.29, 0.717) is 0 Å². The third kappa shape index (κ3) is 2.98. The van der Waals surface area contributed by atoms with Crippen molar-refractivity contribution in [1.29, 1.82) is 0 Å². The molecule has 1 fully saturated rings. The van der Waals surface area contributed by atoms with Crippen molar-refractivity contribution in [1.82, 2.24) is 4.90 Å². The third-order valence-corrected chi connectivity index (χ3v) is 3.80. The average Bonchev–Trinajstić information content (AvgIpc) is 2.42. The summed E-state index contributed by atoms with van der Waals surface area (Å²) in [6.07, 6.45) is 2.50. The summed E-state index contributed by atoms with van der Waals surface area (Å²) in [6.45, 7) is 4.46. The van der Waals surface area contributed by atoms with Crippen molar-refractivity contribution in [2.75, 3.05) is 19.6 Å². The zero-order chi connectivity index (χ0) is 13.0. The molecular weight excluding hydrogens is 226 g/mol. The van der Waals surface area contributed by atoms with E-state index in [0.717, 1.165) is 44.3 Å². The summed E-state index contributed by atoms with van der Waals surface area (Å²) in [7, 11) is 0. The number of rotatable bonds is 4. The van der Waals surface area contributed by atoms with Crippen LogP contribution in [0.15, 0.2) is 30.3 Å². The van der Waals surface area contributed by atoms with Crippen molar-refractivity contribution >= 4 is 6.29 Å². The summed E-state index contributed by atoms with van der Waals surface area (Å²) in [6, 6.07) is 9.92. The van der Waals surface area contributed by atoms with E-state index in [-0.39, 0.29) is 6.10 Å². The quantitative estimate of drug-likeness (QED) is 0.822. The Morgan fingerprint density at radius 2 is 1.94 bits per heavy atom. The zero-order valence-electron chi connectivity index (χ0n) is 10.9. The molecule has 2 rings (SSSR count). The molecule has 0 amide bonds. The monoisotopic (exact) mass is 247 g/mol. The lowest BCUT2D eigenvalue weighted by atomic mass is 9.83. The summed E-state index contributed by atoms with van der Waals surface area (Å²) in [5.74, 6) is 0. The Hall–Kier alpha value is -1.19. The Bertz CT molecular complexity index is 385. The first-order valence-electron chi connectivity index (χ1n) is 6.56. The van der Waals surface area contributed by atoms with E-state index >= 15 is 0 Å². The van der Waals surface area contributed by atoms with Gasteiger partial charge in [-0.2, -0.15) is 0 Å². The van der Waals surface area contributed by atoms with E-state index < -0.39 is 5.41 Å². The van der Waals surface area contributed by atoms with Crippen molar-refractivity contribution < 1.29 is 9.90 Å². The molecule has 1 saturated heterocycles. The molecule has 1 aromatic rings. The fourth-order valence-corrected chi connectivity index (χ4v) is 2.56. The molecule has 0 aromatic heterocycles. The van der Waals surface area contributed by atoms with Crippen molar-refractivity contribution in [3.63, 3.8) is 0 Å². The van der Waals surface area contributed by atoms with E-state index in [4.69, 9.17) is 0 Å². The summed E-state index contributed by atoms with van der Waals surface area (Å²) < 4.78 is 0. The highest BCUT2D eigenvalue weighted by Crippen LogP contribution is 2.24. The van der Waals surface area contributed by atoms with Gasteiger partial charge in [-0.15, -0.1) is 0 Å². The van der Waals surface area contributed by atoms with Crippen LogP contribution in [0.2, 0.25) is 0 Å². The van der Waals surface area contributed by atoms with Gasteiger partial charge in [-0.25, -0.2) is 0 Å². The minimum atomic E-state index is -0.455. The molecule has 0 radical (unpaired) electrons. The summed E-state index contributed by atoms with van der Waals surface area (Å²) in [4.78, 5) is 13.8. The molecule has 0 aliphatic carbocycles. The van der Waals surface area contributed by atoms with Gasteiger partial charge < -0.3 is 14.8 Å². The van der Waals surface area contributed by atoms with Crippen LogP contribution in [0.3, 0.4) is 0 Å². The molecule has 0 saturated carbocycles. The first-order chi connectivity index (χ1) is 8.64. The summed E-state index contributed by atoms with van der Waals surface area (Å²) in [5, 5.41) is 9.50. The largest absolute Gasteiger partial charge is 0.393 e. The van der Waals surface area contributed by atoms with E-state index in [1.165, 1.54) is 0 Å². The second kappa shape index (κ2) is 5.63. The molecule has 98 valence electrons. The predicted octanol–water partition coefficient (Wildman–Crippen LogP) is 1.60. The first kappa shape index (κ1) is 13.2. The fraction of sp³-hybridized carbons (Fsp3) is 0.533. The summed E-state index contributed by atoms with van der Waals surface area (Å²) in [5.41, 5.74) is 0.606. The number of likely N-dealkylation sites (tertiary alicyclic amines) is 1. The van der Waals surface area contributed by atoms with Crippen LogP contribution in [0.1, 0.15) is 25.3 Å². The number of nitrogens with zero attached hydrogens (tertiary/aromatic N) is 1. The van der Waals surface area contributed by atoms with Crippen LogP contribution in [0.25, 0.3) is 0 Å². The molecule has 3 nitrogen and oxygen atoms in total. The van der Waals surface area contributed by atoms with Gasteiger partial charge in [0.25, 0.3) is 0 Å². The Balaban J connectivity index is 2.07. The highest BCUT2D eigenvalue weighted by Gasteiger charge is 2.30. The topological polar surface area (TPSA) is 40.5 Å². The van der Waals surface area contributed by atoms with E-state index in [1.807, 2.05) is 37.3 Å². The zero-order valence-corrected chi connectivity index (χ0v) is 10.9. The van der Waals surface area contributed by atoms with Crippen molar-refractivity contribution in [3.8, 4) is 0 Å². The molecule has 1 N–H and O–H groups in total. The van der Waals surface area contributed by atoms with Gasteiger partial charge in [-0.05, 0) is 25.3 Å². The van der Waals surface area contributed by atoms with E-state index in [9.17, 15) is 9.90 Å². The molecule has 0 spiro atoms. The van der Waals surface area contributed by atoms with Crippen molar-refractivity contribution in [2.24, 2.45) is 0 Å². The number of aliphatic hydroxyl groups is 1. The molecule has 1 aromatic carbocycles. The third-order valence-electron chi connectivity index (χ3n) is 3.80. The highest BCUT2D eigenvalue weighted by molar-refractivity contribution is 5.68. The lowest BCUT2D eigenvalue weighted by Gasteiger charge is -2.35. The van der Waals surface area contributed by atoms with Gasteiger partial charge in [0.05, 0.1) is 11.5 Å². The maximum absolute atomic E-state index is 11.5. The van der Waals surface area contributed by atoms with Crippen LogP contribution in [0.5, 0.6) is 0 Å². The molecule has 1 atom stereocenters. The van der Waals surface area contributed by atoms with Crippen molar-refractivity contribution in [3.05, 3.63) is 35.9 Å². The fourth-order valence-electron chi connectivity index (χ4n) is 2.56. The Morgan fingerprint density at radius 1 is 1.33 bits per heavy atom. The Kier molecular flexibility index (Phi) is 4.15. The van der Waals surface area contributed by atoms with Crippen LogP contribution in [0, 0.1) is 0 Å². The molecule has 1 aliphatic heterocycles. The number of aliphatic hydroxyl groups excluding tert-OH is 1. The second-order valence-electron chi connectivity index (χ2n) is 5.41. The normalized spacial score (nSPS) is 21.4. The molecule has 0 bridgehead atoms. The number of benzene rings is 1. The number of hydrogen-bond donors (Lipinski definition) is 1. The van der Waals surface area contributed by atoms with Crippen molar-refractivity contribution in [2.45, 2.75) is 31.3 Å². The Morgan fingerprint density at radius 3 is 2.50 bits per heavy atom. The second-order valence-corrected chi connectivity index (χ2v) is 5.41. The number of hydrogen-bond acceptors (Lipinski definition) is 3. The molecule has 1 aliphatic rings. The van der Waals surface area contributed by atoms with Gasteiger partial charge in [0.1, 0.15) is 6.29 Å². The van der Waals surface area contributed by atoms with Gasteiger partial charge >= 0.3 is 0 Å². The molecular formula is C15H21NO2. The van der Waals surface area contributed by atoms with Crippen LogP contribution in [0.4, 0.5) is 0 Å². The van der Waals surface area contributed by atoms with Crippen LogP contribution in [-0.2, 0) is 10.2 Å². The van der Waals surface area contributed by atoms with E-state index in [1.54, 1.807) is 0 Å².